The van der Waals surface area contributed by atoms with Crippen molar-refractivity contribution in [3.8, 4) is 11.4 Å². The van der Waals surface area contributed by atoms with E-state index in [-0.39, 0.29) is 6.10 Å². The zero-order chi connectivity index (χ0) is 15.1. The molecule has 112 valence electrons. The van der Waals surface area contributed by atoms with Crippen molar-refractivity contribution < 1.29 is 5.11 Å². The van der Waals surface area contributed by atoms with Gasteiger partial charge in [-0.15, -0.1) is 0 Å². The summed E-state index contributed by atoms with van der Waals surface area (Å²) in [5.41, 5.74) is 1.90. The van der Waals surface area contributed by atoms with Gasteiger partial charge in [0.2, 0.25) is 0 Å². The number of aliphatic hydroxyl groups is 1. The third-order valence-corrected chi connectivity index (χ3v) is 4.14. The number of anilines is 1. The minimum Gasteiger partial charge on any atom is -0.391 e. The molecule has 0 saturated carbocycles. The Morgan fingerprint density at radius 3 is 2.86 bits per heavy atom. The SMILES string of the molecule is Cn1ccc2c(-c3nccc(N4CC[C@H](O)C4)n3)ccnc21. The standard InChI is InChI=1S/C16H17N5O/c1-20-8-5-13-12(2-6-18-16(13)20)15-17-7-3-14(19-15)21-9-4-11(22)10-21/h2-3,5-8,11,22H,4,9-10H2,1H3/t11-/m0/s1. The average Bonchev–Trinajstić information content (AvgIpc) is 3.14. The predicted molar refractivity (Wildman–Crippen MR) is 84.6 cm³/mol. The van der Waals surface area contributed by atoms with Crippen LogP contribution in [0.2, 0.25) is 0 Å². The van der Waals surface area contributed by atoms with Gasteiger partial charge in [0.05, 0.1) is 6.10 Å². The lowest BCUT2D eigenvalue weighted by atomic mass is 10.2. The summed E-state index contributed by atoms with van der Waals surface area (Å²) >= 11 is 0. The first-order chi connectivity index (χ1) is 10.7. The lowest BCUT2D eigenvalue weighted by Crippen LogP contribution is -2.22. The van der Waals surface area contributed by atoms with E-state index in [1.165, 1.54) is 0 Å². The van der Waals surface area contributed by atoms with E-state index >= 15 is 0 Å². The first kappa shape index (κ1) is 13.2. The number of rotatable bonds is 2. The largest absolute Gasteiger partial charge is 0.391 e. The lowest BCUT2D eigenvalue weighted by Gasteiger charge is -2.16. The van der Waals surface area contributed by atoms with Crippen molar-refractivity contribution in [2.45, 2.75) is 12.5 Å². The van der Waals surface area contributed by atoms with E-state index in [1.807, 2.05) is 36.0 Å². The van der Waals surface area contributed by atoms with Gasteiger partial charge >= 0.3 is 0 Å². The Kier molecular flexibility index (Phi) is 3.04. The summed E-state index contributed by atoms with van der Waals surface area (Å²) in [6.07, 6.45) is 6.07. The lowest BCUT2D eigenvalue weighted by molar-refractivity contribution is 0.198. The summed E-state index contributed by atoms with van der Waals surface area (Å²) < 4.78 is 1.99. The van der Waals surface area contributed by atoms with Gasteiger partial charge in [-0.1, -0.05) is 0 Å². The Hall–Kier alpha value is -2.47. The van der Waals surface area contributed by atoms with E-state index < -0.39 is 0 Å². The Labute approximate surface area is 128 Å². The highest BCUT2D eigenvalue weighted by Gasteiger charge is 2.22. The van der Waals surface area contributed by atoms with Crippen LogP contribution in [0.25, 0.3) is 22.4 Å². The number of pyridine rings is 1. The fraction of sp³-hybridized carbons (Fsp3) is 0.312. The molecule has 1 saturated heterocycles. The van der Waals surface area contributed by atoms with Gasteiger partial charge in [-0.05, 0) is 24.6 Å². The van der Waals surface area contributed by atoms with E-state index in [2.05, 4.69) is 19.9 Å². The van der Waals surface area contributed by atoms with E-state index in [0.717, 1.165) is 35.4 Å². The zero-order valence-corrected chi connectivity index (χ0v) is 12.3. The number of fused-ring (bicyclic) bond motifs is 1. The molecule has 4 rings (SSSR count). The van der Waals surface area contributed by atoms with Crippen LogP contribution in [0.1, 0.15) is 6.42 Å². The Morgan fingerprint density at radius 1 is 1.18 bits per heavy atom. The van der Waals surface area contributed by atoms with Crippen LogP contribution in [0.15, 0.2) is 36.8 Å². The highest BCUT2D eigenvalue weighted by atomic mass is 16.3. The van der Waals surface area contributed by atoms with Crippen LogP contribution in [0, 0.1) is 0 Å². The van der Waals surface area contributed by atoms with Gasteiger partial charge in [-0.25, -0.2) is 15.0 Å². The van der Waals surface area contributed by atoms with E-state index in [4.69, 9.17) is 0 Å². The summed E-state index contributed by atoms with van der Waals surface area (Å²) in [5, 5.41) is 10.7. The van der Waals surface area contributed by atoms with Crippen molar-refractivity contribution in [3.05, 3.63) is 36.8 Å². The Balaban J connectivity index is 1.79. The second kappa shape index (κ2) is 5.06. The molecule has 1 fully saturated rings. The van der Waals surface area contributed by atoms with Crippen molar-refractivity contribution >= 4 is 16.9 Å². The maximum atomic E-state index is 9.70. The molecule has 0 radical (unpaired) electrons. The molecule has 1 aliphatic heterocycles. The van der Waals surface area contributed by atoms with E-state index in [1.54, 1.807) is 12.4 Å². The molecule has 0 bridgehead atoms. The van der Waals surface area contributed by atoms with Crippen LogP contribution in [0.5, 0.6) is 0 Å². The molecule has 0 aliphatic carbocycles. The van der Waals surface area contributed by atoms with Gasteiger partial charge in [-0.3, -0.25) is 0 Å². The van der Waals surface area contributed by atoms with Crippen molar-refractivity contribution in [1.29, 1.82) is 0 Å². The van der Waals surface area contributed by atoms with Crippen molar-refractivity contribution in [3.63, 3.8) is 0 Å². The van der Waals surface area contributed by atoms with Gasteiger partial charge in [0.25, 0.3) is 0 Å². The quantitative estimate of drug-likeness (QED) is 0.778. The maximum absolute atomic E-state index is 9.70. The van der Waals surface area contributed by atoms with Crippen LogP contribution in [0.4, 0.5) is 5.82 Å². The monoisotopic (exact) mass is 295 g/mol. The summed E-state index contributed by atoms with van der Waals surface area (Å²) in [7, 11) is 1.97. The molecular formula is C16H17N5O. The molecule has 1 atom stereocenters. The number of aryl methyl sites for hydroxylation is 1. The number of nitrogens with zero attached hydrogens (tertiary/aromatic N) is 5. The number of hydrogen-bond donors (Lipinski definition) is 1. The number of aromatic nitrogens is 4. The molecule has 6 heteroatoms. The highest BCUT2D eigenvalue weighted by molar-refractivity contribution is 5.91. The smallest absolute Gasteiger partial charge is 0.162 e. The van der Waals surface area contributed by atoms with E-state index in [0.29, 0.717) is 12.4 Å². The van der Waals surface area contributed by atoms with Crippen molar-refractivity contribution in [1.82, 2.24) is 19.5 Å². The van der Waals surface area contributed by atoms with Crippen LogP contribution in [-0.2, 0) is 7.05 Å². The first-order valence-electron chi connectivity index (χ1n) is 7.39. The molecule has 0 unspecified atom stereocenters. The highest BCUT2D eigenvalue weighted by Crippen LogP contribution is 2.27. The van der Waals surface area contributed by atoms with Gasteiger partial charge < -0.3 is 14.6 Å². The van der Waals surface area contributed by atoms with Crippen LogP contribution in [0.3, 0.4) is 0 Å². The zero-order valence-electron chi connectivity index (χ0n) is 12.3. The van der Waals surface area contributed by atoms with Crippen LogP contribution in [-0.4, -0.2) is 43.8 Å². The minimum absolute atomic E-state index is 0.264. The fourth-order valence-electron chi connectivity index (χ4n) is 2.96. The molecule has 6 nitrogen and oxygen atoms in total. The second-order valence-corrected chi connectivity index (χ2v) is 5.65. The molecule has 1 aliphatic rings. The molecule has 3 aromatic heterocycles. The Morgan fingerprint density at radius 2 is 2.05 bits per heavy atom. The maximum Gasteiger partial charge on any atom is 0.162 e. The van der Waals surface area contributed by atoms with Crippen LogP contribution < -0.4 is 4.90 Å². The molecule has 22 heavy (non-hydrogen) atoms. The normalized spacial score (nSPS) is 18.3. The Bertz CT molecular complexity index is 828. The molecule has 4 heterocycles. The van der Waals surface area contributed by atoms with E-state index in [9.17, 15) is 5.11 Å². The summed E-state index contributed by atoms with van der Waals surface area (Å²) in [6.45, 7) is 1.46. The average molecular weight is 295 g/mol. The summed E-state index contributed by atoms with van der Waals surface area (Å²) in [4.78, 5) is 15.6. The summed E-state index contributed by atoms with van der Waals surface area (Å²) in [5.74, 6) is 1.56. The molecule has 3 aromatic rings. The second-order valence-electron chi connectivity index (χ2n) is 5.65. The van der Waals surface area contributed by atoms with Crippen LogP contribution >= 0.6 is 0 Å². The molecule has 0 aromatic carbocycles. The van der Waals surface area contributed by atoms with Gasteiger partial charge in [0.1, 0.15) is 11.5 Å². The summed E-state index contributed by atoms with van der Waals surface area (Å²) in [6, 6.07) is 5.87. The molecule has 1 N–H and O–H groups in total. The number of β-amino-alcohol motifs (C(OH)–C–C–N with tert-alkyl or cyclic N) is 1. The topological polar surface area (TPSA) is 67.1 Å². The van der Waals surface area contributed by atoms with Crippen molar-refractivity contribution in [2.24, 2.45) is 7.05 Å². The molecule has 0 amide bonds. The van der Waals surface area contributed by atoms with Crippen molar-refractivity contribution in [2.75, 3.05) is 18.0 Å². The predicted octanol–water partition coefficient (Wildman–Crippen LogP) is 1.60. The van der Waals surface area contributed by atoms with Gasteiger partial charge in [0, 0.05) is 49.7 Å². The molecule has 0 spiro atoms. The molecular weight excluding hydrogens is 278 g/mol. The number of hydrogen-bond acceptors (Lipinski definition) is 5. The minimum atomic E-state index is -0.264. The third kappa shape index (κ3) is 2.12. The van der Waals surface area contributed by atoms with Gasteiger partial charge in [0.15, 0.2) is 5.82 Å². The van der Waals surface area contributed by atoms with Gasteiger partial charge in [-0.2, -0.15) is 0 Å². The third-order valence-electron chi connectivity index (χ3n) is 4.14. The number of aliphatic hydroxyl groups excluding tert-OH is 1. The fourth-order valence-corrected chi connectivity index (χ4v) is 2.96. The first-order valence-corrected chi connectivity index (χ1v) is 7.39.